The number of carbonyl (C=O) groups is 1. The van der Waals surface area contributed by atoms with Crippen LogP contribution in [0.4, 0.5) is 0 Å². The van der Waals surface area contributed by atoms with Crippen molar-refractivity contribution in [2.45, 2.75) is 19.9 Å². The number of aromatic nitrogens is 1. The molecule has 0 unspecified atom stereocenters. The third-order valence-corrected chi connectivity index (χ3v) is 2.86. The molecule has 6 heteroatoms. The van der Waals surface area contributed by atoms with Crippen molar-refractivity contribution < 1.29 is 9.53 Å². The maximum Gasteiger partial charge on any atom is 0.307 e. The van der Waals surface area contributed by atoms with Gasteiger partial charge in [-0.15, -0.1) is 0 Å². The van der Waals surface area contributed by atoms with Gasteiger partial charge in [-0.25, -0.2) is 4.98 Å². The smallest absolute Gasteiger partial charge is 0.307 e. The molecule has 100 valence electrons. The van der Waals surface area contributed by atoms with Crippen LogP contribution in [0.2, 0.25) is 10.2 Å². The molecule has 1 aromatic rings. The van der Waals surface area contributed by atoms with Crippen molar-refractivity contribution >= 4 is 29.2 Å². The molecule has 0 aliphatic carbocycles. The highest BCUT2D eigenvalue weighted by Crippen LogP contribution is 2.18. The average Bonchev–Trinajstić information content (AvgIpc) is 2.32. The van der Waals surface area contributed by atoms with E-state index < -0.39 is 0 Å². The lowest BCUT2D eigenvalue weighted by molar-refractivity contribution is -0.143. The minimum Gasteiger partial charge on any atom is -0.466 e. The van der Waals surface area contributed by atoms with Crippen LogP contribution in [0.15, 0.2) is 12.1 Å². The minimum atomic E-state index is -0.200. The Morgan fingerprint density at radius 3 is 2.83 bits per heavy atom. The third kappa shape index (κ3) is 5.21. The number of esters is 1. The van der Waals surface area contributed by atoms with Crippen LogP contribution in [-0.4, -0.2) is 36.1 Å². The molecule has 18 heavy (non-hydrogen) atoms. The summed E-state index contributed by atoms with van der Waals surface area (Å²) >= 11 is 11.8. The number of carbonyl (C=O) groups excluding carboxylic acids is 1. The number of nitrogens with zero attached hydrogens (tertiary/aromatic N) is 2. The first-order valence-electron chi connectivity index (χ1n) is 5.68. The van der Waals surface area contributed by atoms with Crippen LogP contribution in [0.1, 0.15) is 19.0 Å². The lowest BCUT2D eigenvalue weighted by Crippen LogP contribution is -2.23. The summed E-state index contributed by atoms with van der Waals surface area (Å²) in [6, 6.07) is 3.36. The highest BCUT2D eigenvalue weighted by molar-refractivity contribution is 6.32. The maximum absolute atomic E-state index is 11.2. The maximum atomic E-state index is 11.2. The van der Waals surface area contributed by atoms with Gasteiger partial charge in [0.15, 0.2) is 0 Å². The van der Waals surface area contributed by atoms with Gasteiger partial charge >= 0.3 is 5.97 Å². The van der Waals surface area contributed by atoms with Crippen LogP contribution in [0, 0.1) is 0 Å². The predicted octanol–water partition coefficient (Wildman–Crippen LogP) is 2.77. The molecule has 0 aliphatic rings. The van der Waals surface area contributed by atoms with Gasteiger partial charge in [-0.05, 0) is 26.1 Å². The van der Waals surface area contributed by atoms with Gasteiger partial charge < -0.3 is 4.74 Å². The van der Waals surface area contributed by atoms with Gasteiger partial charge in [0.2, 0.25) is 0 Å². The SMILES string of the molecule is CCOC(=O)CCN(C)Cc1nc(Cl)ccc1Cl. The summed E-state index contributed by atoms with van der Waals surface area (Å²) < 4.78 is 4.86. The summed E-state index contributed by atoms with van der Waals surface area (Å²) in [5.74, 6) is -0.200. The molecular formula is C12H16Cl2N2O2. The summed E-state index contributed by atoms with van der Waals surface area (Å²) in [4.78, 5) is 17.3. The predicted molar refractivity (Wildman–Crippen MR) is 71.8 cm³/mol. The Morgan fingerprint density at radius 1 is 1.44 bits per heavy atom. The summed E-state index contributed by atoms with van der Waals surface area (Å²) in [6.07, 6.45) is 0.350. The molecule has 0 aliphatic heterocycles. The first kappa shape index (κ1) is 15.2. The Balaban J connectivity index is 2.46. The van der Waals surface area contributed by atoms with Gasteiger partial charge in [0.25, 0.3) is 0 Å². The number of halogens is 2. The van der Waals surface area contributed by atoms with Crippen molar-refractivity contribution in [3.63, 3.8) is 0 Å². The monoisotopic (exact) mass is 290 g/mol. The highest BCUT2D eigenvalue weighted by Gasteiger charge is 2.09. The van der Waals surface area contributed by atoms with Gasteiger partial charge in [-0.3, -0.25) is 9.69 Å². The zero-order valence-electron chi connectivity index (χ0n) is 10.4. The number of pyridine rings is 1. The summed E-state index contributed by atoms with van der Waals surface area (Å²) in [5, 5.41) is 0.982. The molecule has 0 amide bonds. The Bertz CT molecular complexity index is 413. The fourth-order valence-corrected chi connectivity index (χ4v) is 1.75. The third-order valence-electron chi connectivity index (χ3n) is 2.31. The molecule has 0 fully saturated rings. The lowest BCUT2D eigenvalue weighted by atomic mass is 10.3. The molecule has 1 heterocycles. The van der Waals surface area contributed by atoms with Crippen molar-refractivity contribution in [2.75, 3.05) is 20.2 Å². The second-order valence-electron chi connectivity index (χ2n) is 3.86. The van der Waals surface area contributed by atoms with Crippen molar-refractivity contribution in [1.29, 1.82) is 0 Å². The van der Waals surface area contributed by atoms with E-state index in [1.54, 1.807) is 19.1 Å². The Morgan fingerprint density at radius 2 is 2.17 bits per heavy atom. The molecule has 0 bridgehead atoms. The van der Waals surface area contributed by atoms with Crippen molar-refractivity contribution in [3.05, 3.63) is 28.0 Å². The van der Waals surface area contributed by atoms with Crippen LogP contribution >= 0.6 is 23.2 Å². The molecule has 0 N–H and O–H groups in total. The van der Waals surface area contributed by atoms with E-state index in [2.05, 4.69) is 4.98 Å². The van der Waals surface area contributed by atoms with E-state index in [0.29, 0.717) is 42.0 Å². The Hall–Kier alpha value is -0.840. The van der Waals surface area contributed by atoms with Gasteiger partial charge in [0.05, 0.1) is 23.7 Å². The fourth-order valence-electron chi connectivity index (χ4n) is 1.42. The van der Waals surface area contributed by atoms with E-state index >= 15 is 0 Å². The van der Waals surface area contributed by atoms with Crippen molar-refractivity contribution in [2.24, 2.45) is 0 Å². The van der Waals surface area contributed by atoms with Crippen LogP contribution < -0.4 is 0 Å². The van der Waals surface area contributed by atoms with Gasteiger partial charge in [-0.1, -0.05) is 23.2 Å². The van der Waals surface area contributed by atoms with Crippen LogP contribution in [0.5, 0.6) is 0 Å². The summed E-state index contributed by atoms with van der Waals surface area (Å²) in [5.41, 5.74) is 0.704. The van der Waals surface area contributed by atoms with Crippen LogP contribution in [-0.2, 0) is 16.1 Å². The number of rotatable bonds is 6. The quantitative estimate of drug-likeness (QED) is 0.597. The van der Waals surface area contributed by atoms with E-state index in [0.717, 1.165) is 0 Å². The molecule has 0 spiro atoms. The number of hydrogen-bond donors (Lipinski definition) is 0. The molecule has 4 nitrogen and oxygen atoms in total. The van der Waals surface area contributed by atoms with E-state index in [9.17, 15) is 4.79 Å². The normalized spacial score (nSPS) is 10.7. The number of hydrogen-bond acceptors (Lipinski definition) is 4. The van der Waals surface area contributed by atoms with Crippen LogP contribution in [0.25, 0.3) is 0 Å². The molecule has 0 radical (unpaired) electrons. The van der Waals surface area contributed by atoms with E-state index in [1.807, 2.05) is 11.9 Å². The van der Waals surface area contributed by atoms with Crippen LogP contribution in [0.3, 0.4) is 0 Å². The number of ether oxygens (including phenoxy) is 1. The molecular weight excluding hydrogens is 275 g/mol. The topological polar surface area (TPSA) is 42.4 Å². The standard InChI is InChI=1S/C12H16Cl2N2O2/c1-3-18-12(17)6-7-16(2)8-10-9(13)4-5-11(14)15-10/h4-5H,3,6-8H2,1-2H3. The van der Waals surface area contributed by atoms with E-state index in [4.69, 9.17) is 27.9 Å². The van der Waals surface area contributed by atoms with Crippen molar-refractivity contribution in [1.82, 2.24) is 9.88 Å². The van der Waals surface area contributed by atoms with E-state index in [-0.39, 0.29) is 5.97 Å². The van der Waals surface area contributed by atoms with E-state index in [1.165, 1.54) is 0 Å². The molecule has 0 aromatic carbocycles. The average molecular weight is 291 g/mol. The Labute approximate surface area is 117 Å². The zero-order valence-corrected chi connectivity index (χ0v) is 12.0. The molecule has 0 saturated heterocycles. The lowest BCUT2D eigenvalue weighted by Gasteiger charge is -2.16. The molecule has 0 atom stereocenters. The fraction of sp³-hybridized carbons (Fsp3) is 0.500. The van der Waals surface area contributed by atoms with Crippen molar-refractivity contribution in [3.8, 4) is 0 Å². The molecule has 1 aromatic heterocycles. The zero-order chi connectivity index (χ0) is 13.5. The second-order valence-corrected chi connectivity index (χ2v) is 4.65. The van der Waals surface area contributed by atoms with Gasteiger partial charge in [0.1, 0.15) is 5.15 Å². The molecule has 1 rings (SSSR count). The van der Waals surface area contributed by atoms with Gasteiger partial charge in [0, 0.05) is 13.1 Å². The van der Waals surface area contributed by atoms with Gasteiger partial charge in [-0.2, -0.15) is 0 Å². The Kier molecular flexibility index (Phi) is 6.39. The first-order chi connectivity index (χ1) is 8.52. The summed E-state index contributed by atoms with van der Waals surface area (Å²) in [6.45, 7) is 3.32. The highest BCUT2D eigenvalue weighted by atomic mass is 35.5. The molecule has 0 saturated carbocycles. The second kappa shape index (κ2) is 7.56. The first-order valence-corrected chi connectivity index (χ1v) is 6.43. The minimum absolute atomic E-state index is 0.200. The summed E-state index contributed by atoms with van der Waals surface area (Å²) in [7, 11) is 1.89. The largest absolute Gasteiger partial charge is 0.466 e.